The zero-order chi connectivity index (χ0) is 25.4. The number of amides is 1. The molecular weight excluding hydrogens is 499 g/mol. The lowest BCUT2D eigenvalue weighted by Crippen LogP contribution is -2.29. The number of hydrogen-bond donors (Lipinski definition) is 1. The zero-order valence-electron chi connectivity index (χ0n) is 19.6. The van der Waals surface area contributed by atoms with Crippen LogP contribution in [0, 0.1) is 0 Å². The van der Waals surface area contributed by atoms with Gasteiger partial charge in [0.1, 0.15) is 11.5 Å². The molecule has 1 aliphatic heterocycles. The van der Waals surface area contributed by atoms with E-state index in [0.29, 0.717) is 39.6 Å². The first-order valence-electron chi connectivity index (χ1n) is 11.1. The van der Waals surface area contributed by atoms with Gasteiger partial charge >= 0.3 is 0 Å². The van der Waals surface area contributed by atoms with Crippen molar-refractivity contribution in [2.45, 2.75) is 6.04 Å². The van der Waals surface area contributed by atoms with E-state index in [0.717, 1.165) is 27.7 Å². The molecule has 1 unspecified atom stereocenters. The van der Waals surface area contributed by atoms with Crippen molar-refractivity contribution in [3.63, 3.8) is 0 Å². The summed E-state index contributed by atoms with van der Waals surface area (Å²) in [7, 11) is 3.08. The summed E-state index contributed by atoms with van der Waals surface area (Å²) >= 11 is 13.2. The summed E-state index contributed by atoms with van der Waals surface area (Å²) in [6.07, 6.45) is 3.06. The normalized spacial score (nSPS) is 14.4. The maximum Gasteiger partial charge on any atom is 0.250 e. The molecular formula is C27H22Cl2N4O3. The van der Waals surface area contributed by atoms with Crippen molar-refractivity contribution in [2.75, 3.05) is 31.0 Å². The van der Waals surface area contributed by atoms with Gasteiger partial charge in [-0.15, -0.1) is 0 Å². The van der Waals surface area contributed by atoms with Gasteiger partial charge in [-0.25, -0.2) is 9.97 Å². The molecule has 3 aromatic carbocycles. The molecule has 0 saturated heterocycles. The van der Waals surface area contributed by atoms with Crippen molar-refractivity contribution in [3.8, 4) is 22.6 Å². The molecule has 5 rings (SSSR count). The number of ether oxygens (including phenoxy) is 2. The van der Waals surface area contributed by atoms with Gasteiger partial charge in [-0.1, -0.05) is 54.0 Å². The number of halogens is 2. The second-order valence-corrected chi connectivity index (χ2v) is 8.92. The molecule has 1 N–H and O–H groups in total. The largest absolute Gasteiger partial charge is 0.495 e. The van der Waals surface area contributed by atoms with E-state index in [9.17, 15) is 4.79 Å². The van der Waals surface area contributed by atoms with Gasteiger partial charge in [0, 0.05) is 28.9 Å². The van der Waals surface area contributed by atoms with Crippen LogP contribution >= 0.6 is 23.2 Å². The molecule has 0 aliphatic carbocycles. The van der Waals surface area contributed by atoms with Gasteiger partial charge in [-0.3, -0.25) is 4.79 Å². The second-order valence-electron chi connectivity index (χ2n) is 8.16. The Kier molecular flexibility index (Phi) is 6.43. The fourth-order valence-corrected chi connectivity index (χ4v) is 5.12. The number of para-hydroxylation sites is 1. The Bertz CT molecular complexity index is 1480. The molecule has 36 heavy (non-hydrogen) atoms. The van der Waals surface area contributed by atoms with E-state index in [-0.39, 0.29) is 11.9 Å². The van der Waals surface area contributed by atoms with Crippen molar-refractivity contribution >= 4 is 51.6 Å². The van der Waals surface area contributed by atoms with Crippen molar-refractivity contribution in [2.24, 2.45) is 0 Å². The van der Waals surface area contributed by atoms with Gasteiger partial charge < -0.3 is 19.7 Å². The summed E-state index contributed by atoms with van der Waals surface area (Å²) in [5.41, 5.74) is 3.98. The Morgan fingerprint density at radius 2 is 1.83 bits per heavy atom. The van der Waals surface area contributed by atoms with E-state index in [4.69, 9.17) is 32.7 Å². The van der Waals surface area contributed by atoms with Crippen molar-refractivity contribution < 1.29 is 14.3 Å². The molecule has 0 fully saturated rings. The van der Waals surface area contributed by atoms with Crippen LogP contribution in [0.1, 0.15) is 11.6 Å². The maximum atomic E-state index is 12.3. The van der Waals surface area contributed by atoms with Crippen LogP contribution in [0.2, 0.25) is 10.0 Å². The van der Waals surface area contributed by atoms with E-state index < -0.39 is 0 Å². The summed E-state index contributed by atoms with van der Waals surface area (Å²) < 4.78 is 10.8. The Balaban J connectivity index is 1.47. The molecule has 0 spiro atoms. The highest BCUT2D eigenvalue weighted by Gasteiger charge is 2.31. The first-order valence-corrected chi connectivity index (χ1v) is 11.9. The van der Waals surface area contributed by atoms with Crippen LogP contribution in [0.5, 0.6) is 11.5 Å². The third-order valence-corrected chi connectivity index (χ3v) is 6.90. The van der Waals surface area contributed by atoms with Gasteiger partial charge in [-0.2, -0.15) is 0 Å². The number of anilines is 2. The molecule has 0 bridgehead atoms. The first-order chi connectivity index (χ1) is 17.4. The molecule has 1 amide bonds. The second kappa shape index (κ2) is 9.68. The molecule has 0 saturated carbocycles. The topological polar surface area (TPSA) is 76.6 Å². The number of rotatable bonds is 6. The molecule has 9 heteroatoms. The average molecular weight is 521 g/mol. The van der Waals surface area contributed by atoms with Crippen LogP contribution in [0.4, 0.5) is 11.6 Å². The number of fused-ring (bicyclic) bond motifs is 2. The van der Waals surface area contributed by atoms with Gasteiger partial charge in [0.15, 0.2) is 0 Å². The number of benzene rings is 3. The van der Waals surface area contributed by atoms with E-state index in [1.165, 1.54) is 20.3 Å². The summed E-state index contributed by atoms with van der Waals surface area (Å²) in [6.45, 7) is 4.07. The minimum atomic E-state index is -0.149. The minimum Gasteiger partial charge on any atom is -0.495 e. The van der Waals surface area contributed by atoms with Crippen LogP contribution in [0.15, 0.2) is 67.4 Å². The Labute approximate surface area is 218 Å². The fraction of sp³-hybridized carbons (Fsp3) is 0.148. The molecule has 1 atom stereocenters. The maximum absolute atomic E-state index is 12.3. The predicted octanol–water partition coefficient (Wildman–Crippen LogP) is 6.31. The third kappa shape index (κ3) is 4.10. The quantitative estimate of drug-likeness (QED) is 0.300. The molecule has 1 aliphatic rings. The number of aromatic nitrogens is 2. The van der Waals surface area contributed by atoms with E-state index in [1.807, 2.05) is 42.5 Å². The van der Waals surface area contributed by atoms with Crippen molar-refractivity contribution in [1.29, 1.82) is 0 Å². The highest BCUT2D eigenvalue weighted by atomic mass is 35.5. The SMILES string of the molecule is C=CC(=O)N1CC(Nc2ncc3cc(-c4c(Cl)c(OC)cc(OC)c4Cl)ccc3n2)c2ccccc21. The van der Waals surface area contributed by atoms with Crippen LogP contribution in [-0.4, -0.2) is 36.6 Å². The lowest BCUT2D eigenvalue weighted by Gasteiger charge is -2.17. The number of nitrogens with zero attached hydrogens (tertiary/aromatic N) is 3. The summed E-state index contributed by atoms with van der Waals surface area (Å²) in [5.74, 6) is 1.24. The number of carbonyl (C=O) groups is 1. The van der Waals surface area contributed by atoms with Gasteiger partial charge in [0.05, 0.1) is 42.4 Å². The highest BCUT2D eigenvalue weighted by molar-refractivity contribution is 6.41. The van der Waals surface area contributed by atoms with Crippen LogP contribution in [0.3, 0.4) is 0 Å². The highest BCUT2D eigenvalue weighted by Crippen LogP contribution is 2.46. The lowest BCUT2D eigenvalue weighted by atomic mass is 10.0. The number of methoxy groups -OCH3 is 2. The Hall–Kier alpha value is -3.81. The molecule has 1 aromatic heterocycles. The van der Waals surface area contributed by atoms with E-state index in [1.54, 1.807) is 17.2 Å². The van der Waals surface area contributed by atoms with Crippen LogP contribution < -0.4 is 19.7 Å². The number of hydrogen-bond acceptors (Lipinski definition) is 6. The van der Waals surface area contributed by atoms with Crippen LogP contribution in [0.25, 0.3) is 22.0 Å². The molecule has 182 valence electrons. The van der Waals surface area contributed by atoms with Gasteiger partial charge in [0.25, 0.3) is 0 Å². The minimum absolute atomic E-state index is 0.148. The summed E-state index contributed by atoms with van der Waals surface area (Å²) in [5, 5.41) is 4.95. The van der Waals surface area contributed by atoms with Crippen LogP contribution in [-0.2, 0) is 4.79 Å². The zero-order valence-corrected chi connectivity index (χ0v) is 21.1. The monoisotopic (exact) mass is 520 g/mol. The molecule has 4 aromatic rings. The van der Waals surface area contributed by atoms with E-state index >= 15 is 0 Å². The van der Waals surface area contributed by atoms with Gasteiger partial charge in [0.2, 0.25) is 11.9 Å². The third-order valence-electron chi connectivity index (χ3n) is 6.15. The number of carbonyl (C=O) groups excluding carboxylic acids is 1. The van der Waals surface area contributed by atoms with Gasteiger partial charge in [-0.05, 0) is 35.4 Å². The summed E-state index contributed by atoms with van der Waals surface area (Å²) in [6, 6.07) is 15.0. The lowest BCUT2D eigenvalue weighted by molar-refractivity contribution is -0.114. The standard InChI is InChI=1S/C27H22Cl2N4O3/c1-4-23(34)33-14-19(17-7-5-6-8-20(17)33)32-27-30-13-16-11-15(9-10-18(16)31-27)24-25(28)21(35-2)12-22(36-3)26(24)29/h4-13,19H,1,14H2,2-3H3,(H,30,31,32). The molecule has 7 nitrogen and oxygen atoms in total. The average Bonchev–Trinajstić information content (AvgIpc) is 3.27. The summed E-state index contributed by atoms with van der Waals surface area (Å²) in [4.78, 5) is 23.2. The Morgan fingerprint density at radius 3 is 2.53 bits per heavy atom. The van der Waals surface area contributed by atoms with Crippen molar-refractivity contribution in [1.82, 2.24) is 9.97 Å². The molecule has 0 radical (unpaired) electrons. The van der Waals surface area contributed by atoms with E-state index in [2.05, 4.69) is 21.9 Å². The molecule has 2 heterocycles. The Morgan fingerprint density at radius 1 is 1.11 bits per heavy atom. The fourth-order valence-electron chi connectivity index (χ4n) is 4.40. The first kappa shape index (κ1) is 23.9. The number of nitrogens with one attached hydrogen (secondary N) is 1. The smallest absolute Gasteiger partial charge is 0.250 e. The predicted molar refractivity (Wildman–Crippen MR) is 143 cm³/mol. The van der Waals surface area contributed by atoms with Crippen molar-refractivity contribution in [3.05, 3.63) is 83.0 Å².